The van der Waals surface area contributed by atoms with Crippen molar-refractivity contribution >= 4 is 5.84 Å². The molecule has 0 spiro atoms. The molecule has 0 bridgehead atoms. The number of aliphatic imine (C=N–C) groups is 1. The predicted molar refractivity (Wildman–Crippen MR) is 55.8 cm³/mol. The molecule has 13 heavy (non-hydrogen) atoms. The van der Waals surface area contributed by atoms with Crippen molar-refractivity contribution in [1.29, 1.82) is 0 Å². The topological polar surface area (TPSA) is 24.4 Å². The molecule has 72 valence electrons. The van der Waals surface area contributed by atoms with E-state index < -0.39 is 0 Å². The molecule has 0 amide bonds. The van der Waals surface area contributed by atoms with Gasteiger partial charge in [0, 0.05) is 5.54 Å². The molecule has 0 unspecified atom stereocenters. The molecule has 1 N–H and O–H groups in total. The molecule has 0 rings (SSSR count). The number of nitrogens with zero attached hydrogens (tertiary/aromatic N) is 1. The molecule has 3 heteroatoms. The van der Waals surface area contributed by atoms with Gasteiger partial charge in [0.1, 0.15) is 0 Å². The average molecular weight is 309 g/mol. The first kappa shape index (κ1) is 16.1. The van der Waals surface area contributed by atoms with Crippen molar-refractivity contribution in [3.63, 3.8) is 0 Å². The number of nitrogens with one attached hydrogen (secondary N) is 1. The molecular formula is C10H22LaN2+3. The first-order valence-electron chi connectivity index (χ1n) is 4.45. The van der Waals surface area contributed by atoms with E-state index in [-0.39, 0.29) is 46.7 Å². The minimum Gasteiger partial charge on any atom is -0.369 e. The Labute approximate surface area is 111 Å². The third-order valence-electron chi connectivity index (χ3n) is 1.06. The number of hydrogen-bond acceptors (Lipinski definition) is 1. The zero-order valence-electron chi connectivity index (χ0n) is 10.0. The smallest absolute Gasteiger partial charge is 0.369 e. The Morgan fingerprint density at radius 3 is 1.62 bits per heavy atom. The van der Waals surface area contributed by atoms with E-state index in [2.05, 4.69) is 51.9 Å². The van der Waals surface area contributed by atoms with Gasteiger partial charge in [0.2, 0.25) is 0 Å². The van der Waals surface area contributed by atoms with E-state index in [1.807, 2.05) is 6.92 Å². The van der Waals surface area contributed by atoms with Crippen LogP contribution in [0.15, 0.2) is 4.99 Å². The molecule has 0 aromatic heterocycles. The minimum atomic E-state index is 0. The second-order valence-electron chi connectivity index (χ2n) is 5.24. The summed E-state index contributed by atoms with van der Waals surface area (Å²) in [6.07, 6.45) is 0. The molecule has 0 aromatic carbocycles. The fourth-order valence-electron chi connectivity index (χ4n) is 1.07. The van der Waals surface area contributed by atoms with Crippen LogP contribution in [0.3, 0.4) is 0 Å². The van der Waals surface area contributed by atoms with Gasteiger partial charge < -0.3 is 5.32 Å². The fourth-order valence-corrected chi connectivity index (χ4v) is 1.07. The van der Waals surface area contributed by atoms with E-state index in [9.17, 15) is 0 Å². The maximum Gasteiger partial charge on any atom is 3.00 e. The predicted octanol–water partition coefficient (Wildman–Crippen LogP) is 2.59. The molecule has 0 aliphatic heterocycles. The molecule has 0 aliphatic carbocycles. The second-order valence-corrected chi connectivity index (χ2v) is 5.24. The Morgan fingerprint density at radius 2 is 1.38 bits per heavy atom. The minimum absolute atomic E-state index is 0. The first-order chi connectivity index (χ1) is 5.10. The third-order valence-corrected chi connectivity index (χ3v) is 1.06. The average Bonchev–Trinajstić information content (AvgIpc) is 1.49. The Bertz CT molecular complexity index is 172. The van der Waals surface area contributed by atoms with E-state index in [1.54, 1.807) is 0 Å². The summed E-state index contributed by atoms with van der Waals surface area (Å²) in [5, 5.41) is 3.33. The standard InChI is InChI=1S/C10H22N2.La/c1-8(11-9(2,3)4)12-10(5,6)7;/h1-7H3,(H,11,12);/q;+3. The van der Waals surface area contributed by atoms with Crippen molar-refractivity contribution < 1.29 is 35.6 Å². The van der Waals surface area contributed by atoms with Crippen LogP contribution in [0.2, 0.25) is 0 Å². The van der Waals surface area contributed by atoms with E-state index in [0.717, 1.165) is 5.84 Å². The van der Waals surface area contributed by atoms with Gasteiger partial charge >= 0.3 is 35.6 Å². The van der Waals surface area contributed by atoms with Crippen molar-refractivity contribution in [2.24, 2.45) is 4.99 Å². The summed E-state index contributed by atoms with van der Waals surface area (Å²) < 4.78 is 0. The quantitative estimate of drug-likeness (QED) is 0.540. The molecule has 0 radical (unpaired) electrons. The molecule has 0 aliphatic rings. The molecule has 0 fully saturated rings. The summed E-state index contributed by atoms with van der Waals surface area (Å²) in [7, 11) is 0. The number of rotatable bonds is 0. The first-order valence-corrected chi connectivity index (χ1v) is 4.45. The fraction of sp³-hybridized carbons (Fsp3) is 0.900. The van der Waals surface area contributed by atoms with Crippen molar-refractivity contribution in [2.45, 2.75) is 59.5 Å². The SMILES string of the molecule is CC(=NC(C)(C)C)NC(C)(C)C.[La+3]. The normalized spacial score (nSPS) is 13.6. The summed E-state index contributed by atoms with van der Waals surface area (Å²) in [6.45, 7) is 14.7. The monoisotopic (exact) mass is 309 g/mol. The van der Waals surface area contributed by atoms with Crippen LogP contribution in [0.4, 0.5) is 0 Å². The van der Waals surface area contributed by atoms with Crippen molar-refractivity contribution in [2.75, 3.05) is 0 Å². The Hall–Kier alpha value is 0.665. The van der Waals surface area contributed by atoms with Crippen molar-refractivity contribution in [1.82, 2.24) is 5.32 Å². The maximum absolute atomic E-state index is 4.50. The largest absolute Gasteiger partial charge is 3.00 e. The number of hydrogen-bond donors (Lipinski definition) is 1. The molecule has 0 aromatic rings. The van der Waals surface area contributed by atoms with Crippen molar-refractivity contribution in [3.8, 4) is 0 Å². The van der Waals surface area contributed by atoms with Crippen LogP contribution in [0.25, 0.3) is 0 Å². The summed E-state index contributed by atoms with van der Waals surface area (Å²) in [5.41, 5.74) is 0.126. The van der Waals surface area contributed by atoms with Crippen LogP contribution >= 0.6 is 0 Å². The summed E-state index contributed by atoms with van der Waals surface area (Å²) >= 11 is 0. The molecule has 0 atom stereocenters. The van der Waals surface area contributed by atoms with Gasteiger partial charge in [-0.3, -0.25) is 4.99 Å². The summed E-state index contributed by atoms with van der Waals surface area (Å²) in [5.74, 6) is 1.01. The van der Waals surface area contributed by atoms with E-state index in [4.69, 9.17) is 0 Å². The summed E-state index contributed by atoms with van der Waals surface area (Å²) in [4.78, 5) is 4.50. The Morgan fingerprint density at radius 1 is 1.00 bits per heavy atom. The molecule has 0 saturated heterocycles. The second kappa shape index (κ2) is 5.52. The van der Waals surface area contributed by atoms with E-state index in [0.29, 0.717) is 0 Å². The Balaban J connectivity index is 0. The zero-order valence-corrected chi connectivity index (χ0v) is 13.7. The third kappa shape index (κ3) is 12.7. The van der Waals surface area contributed by atoms with Crippen molar-refractivity contribution in [3.05, 3.63) is 0 Å². The van der Waals surface area contributed by atoms with Crippen LogP contribution in [-0.4, -0.2) is 16.9 Å². The van der Waals surface area contributed by atoms with E-state index in [1.165, 1.54) is 0 Å². The van der Waals surface area contributed by atoms with Gasteiger partial charge in [-0.25, -0.2) is 0 Å². The van der Waals surface area contributed by atoms with Crippen LogP contribution in [0.1, 0.15) is 48.5 Å². The van der Waals surface area contributed by atoms with Crippen LogP contribution < -0.4 is 5.32 Å². The molecule has 2 nitrogen and oxygen atoms in total. The maximum atomic E-state index is 4.50. The van der Waals surface area contributed by atoms with Gasteiger partial charge in [-0.15, -0.1) is 0 Å². The molecule has 0 heterocycles. The van der Waals surface area contributed by atoms with Gasteiger partial charge in [0.05, 0.1) is 11.4 Å². The van der Waals surface area contributed by atoms with Crippen LogP contribution in [-0.2, 0) is 0 Å². The van der Waals surface area contributed by atoms with Gasteiger partial charge in [-0.1, -0.05) is 0 Å². The summed E-state index contributed by atoms with van der Waals surface area (Å²) in [6, 6.07) is 0. The van der Waals surface area contributed by atoms with Crippen LogP contribution in [0, 0.1) is 35.6 Å². The van der Waals surface area contributed by atoms with Crippen LogP contribution in [0.5, 0.6) is 0 Å². The van der Waals surface area contributed by atoms with Gasteiger partial charge in [-0.2, -0.15) is 0 Å². The van der Waals surface area contributed by atoms with Gasteiger partial charge in [-0.05, 0) is 48.5 Å². The van der Waals surface area contributed by atoms with Gasteiger partial charge in [0.15, 0.2) is 0 Å². The number of amidine groups is 1. The Kier molecular flexibility index (Phi) is 6.84. The molecular weight excluding hydrogens is 287 g/mol. The van der Waals surface area contributed by atoms with E-state index >= 15 is 0 Å². The zero-order chi connectivity index (χ0) is 9.99. The molecule has 0 saturated carbocycles. The van der Waals surface area contributed by atoms with Gasteiger partial charge in [0.25, 0.3) is 0 Å².